The van der Waals surface area contributed by atoms with E-state index < -0.39 is 41.8 Å². The Bertz CT molecular complexity index is 1300. The van der Waals surface area contributed by atoms with E-state index in [-0.39, 0.29) is 41.4 Å². The van der Waals surface area contributed by atoms with Gasteiger partial charge in [-0.2, -0.15) is 0 Å². The van der Waals surface area contributed by atoms with E-state index in [1.165, 1.54) is 12.1 Å². The highest BCUT2D eigenvalue weighted by Gasteiger charge is 2.34. The molecular formula is C27H36ClFN4O8. The Morgan fingerprint density at radius 3 is 2.49 bits per heavy atom. The van der Waals surface area contributed by atoms with E-state index in [4.69, 9.17) is 30.9 Å². The van der Waals surface area contributed by atoms with Crippen LogP contribution >= 0.6 is 11.6 Å². The summed E-state index contributed by atoms with van der Waals surface area (Å²) in [5.41, 5.74) is -0.659. The zero-order chi connectivity index (χ0) is 30.7. The SMILES string of the molecule is CCc1c(C(=O)NCc2cccc(Cl)c2F)c(=O)c(OCOC(=O)OCCN(C)C)c2n1CCN(CC)C2=O.CO. The molecule has 0 saturated heterocycles. The number of amides is 2. The topological polar surface area (TPSA) is 140 Å². The minimum Gasteiger partial charge on any atom is -0.451 e. The number of pyridine rings is 1. The minimum atomic E-state index is -1.01. The van der Waals surface area contributed by atoms with Crippen LogP contribution < -0.4 is 15.5 Å². The molecule has 14 heteroatoms. The molecule has 2 amide bonds. The normalized spacial score (nSPS) is 12.3. The molecule has 226 valence electrons. The highest BCUT2D eigenvalue weighted by Crippen LogP contribution is 2.25. The van der Waals surface area contributed by atoms with Gasteiger partial charge in [0, 0.05) is 51.1 Å². The molecule has 1 aliphatic rings. The number of nitrogens with zero attached hydrogens (tertiary/aromatic N) is 3. The molecule has 2 aromatic rings. The Balaban J connectivity index is 0.00000287. The average Bonchev–Trinajstić information content (AvgIpc) is 2.95. The molecule has 3 rings (SSSR count). The lowest BCUT2D eigenvalue weighted by molar-refractivity contribution is 0.00161. The van der Waals surface area contributed by atoms with Gasteiger partial charge in [0.15, 0.2) is 5.69 Å². The molecule has 1 aromatic carbocycles. The van der Waals surface area contributed by atoms with Gasteiger partial charge >= 0.3 is 6.16 Å². The van der Waals surface area contributed by atoms with Crippen molar-refractivity contribution < 1.29 is 38.1 Å². The first-order valence-electron chi connectivity index (χ1n) is 12.9. The number of aliphatic hydroxyl groups excluding tert-OH is 1. The fourth-order valence-corrected chi connectivity index (χ4v) is 4.35. The van der Waals surface area contributed by atoms with Gasteiger partial charge in [-0.1, -0.05) is 30.7 Å². The summed E-state index contributed by atoms with van der Waals surface area (Å²) in [5.74, 6) is -2.32. The summed E-state index contributed by atoms with van der Waals surface area (Å²) < 4.78 is 31.3. The van der Waals surface area contributed by atoms with Crippen LogP contribution in [0.2, 0.25) is 5.02 Å². The molecule has 41 heavy (non-hydrogen) atoms. The summed E-state index contributed by atoms with van der Waals surface area (Å²) in [7, 11) is 4.62. The van der Waals surface area contributed by atoms with Gasteiger partial charge < -0.3 is 39.0 Å². The number of hydrogen-bond donors (Lipinski definition) is 2. The second kappa shape index (κ2) is 15.9. The second-order valence-corrected chi connectivity index (χ2v) is 9.33. The third kappa shape index (κ3) is 8.18. The van der Waals surface area contributed by atoms with Crippen molar-refractivity contribution in [2.24, 2.45) is 0 Å². The smallest absolute Gasteiger partial charge is 0.451 e. The van der Waals surface area contributed by atoms with Gasteiger partial charge in [0.2, 0.25) is 18.0 Å². The summed E-state index contributed by atoms with van der Waals surface area (Å²) in [6.45, 7) is 4.23. The largest absolute Gasteiger partial charge is 0.511 e. The lowest BCUT2D eigenvalue weighted by Gasteiger charge is -2.32. The number of aromatic nitrogens is 1. The number of halogens is 2. The van der Waals surface area contributed by atoms with Crippen LogP contribution in [0.5, 0.6) is 5.75 Å². The number of aliphatic hydroxyl groups is 1. The minimum absolute atomic E-state index is 0.0352. The molecule has 0 unspecified atom stereocenters. The third-order valence-corrected chi connectivity index (χ3v) is 6.46. The van der Waals surface area contributed by atoms with E-state index in [9.17, 15) is 23.6 Å². The monoisotopic (exact) mass is 598 g/mol. The zero-order valence-corrected chi connectivity index (χ0v) is 24.5. The molecule has 12 nitrogen and oxygen atoms in total. The lowest BCUT2D eigenvalue weighted by atomic mass is 10.0. The summed E-state index contributed by atoms with van der Waals surface area (Å²) in [5, 5.41) is 9.46. The van der Waals surface area contributed by atoms with Crippen LogP contribution in [0, 0.1) is 5.82 Å². The van der Waals surface area contributed by atoms with E-state index >= 15 is 0 Å². The number of fused-ring (bicyclic) bond motifs is 1. The molecule has 1 aromatic heterocycles. The molecule has 2 N–H and O–H groups in total. The number of rotatable bonds is 11. The number of likely N-dealkylation sites (N-methyl/N-ethyl adjacent to an activating group) is 2. The van der Waals surface area contributed by atoms with Crippen molar-refractivity contribution in [1.82, 2.24) is 19.7 Å². The van der Waals surface area contributed by atoms with Crippen LogP contribution in [0.3, 0.4) is 0 Å². The fraction of sp³-hybridized carbons (Fsp3) is 0.481. The number of benzene rings is 1. The summed E-state index contributed by atoms with van der Waals surface area (Å²) in [6, 6.07) is 4.39. The van der Waals surface area contributed by atoms with Crippen molar-refractivity contribution in [2.75, 3.05) is 54.2 Å². The predicted molar refractivity (Wildman–Crippen MR) is 149 cm³/mol. The predicted octanol–water partition coefficient (Wildman–Crippen LogP) is 2.27. The standard InChI is InChI=1S/C26H32ClFN4O7.CH4O/c1-5-18-19(24(34)29-14-16-8-7-9-17(27)20(16)28)22(33)23(21-25(35)31(6-2)10-11-32(18)21)38-15-39-26(36)37-13-12-30(3)4;1-2/h7-9H,5-6,10-15H2,1-4H3,(H,29,34);2H,1H3. The number of nitrogens with one attached hydrogen (secondary N) is 1. The number of ether oxygens (including phenoxy) is 3. The van der Waals surface area contributed by atoms with Gasteiger partial charge in [0.1, 0.15) is 18.0 Å². The Kier molecular flexibility index (Phi) is 13.0. The van der Waals surface area contributed by atoms with Gasteiger partial charge in [0.25, 0.3) is 11.8 Å². The van der Waals surface area contributed by atoms with Gasteiger partial charge in [-0.05, 0) is 33.5 Å². The van der Waals surface area contributed by atoms with Crippen molar-refractivity contribution in [3.63, 3.8) is 0 Å². The fourth-order valence-electron chi connectivity index (χ4n) is 4.15. The van der Waals surface area contributed by atoms with Crippen LogP contribution in [-0.4, -0.2) is 91.7 Å². The summed E-state index contributed by atoms with van der Waals surface area (Å²) >= 11 is 5.83. The first-order chi connectivity index (χ1) is 19.6. The molecule has 0 fully saturated rings. The van der Waals surface area contributed by atoms with Crippen molar-refractivity contribution in [3.05, 3.63) is 61.8 Å². The highest BCUT2D eigenvalue weighted by atomic mass is 35.5. The van der Waals surface area contributed by atoms with E-state index in [1.807, 2.05) is 19.0 Å². The van der Waals surface area contributed by atoms with Gasteiger partial charge in [-0.15, -0.1) is 0 Å². The third-order valence-electron chi connectivity index (χ3n) is 6.17. The molecule has 0 aliphatic carbocycles. The van der Waals surface area contributed by atoms with Crippen molar-refractivity contribution in [3.8, 4) is 5.75 Å². The van der Waals surface area contributed by atoms with Crippen molar-refractivity contribution in [2.45, 2.75) is 33.4 Å². The average molecular weight is 599 g/mol. The molecule has 0 saturated carbocycles. The van der Waals surface area contributed by atoms with Crippen LogP contribution in [0.4, 0.5) is 9.18 Å². The Morgan fingerprint density at radius 1 is 1.15 bits per heavy atom. The maximum absolute atomic E-state index is 14.3. The first-order valence-corrected chi connectivity index (χ1v) is 13.3. The molecular weight excluding hydrogens is 563 g/mol. The molecule has 1 aliphatic heterocycles. The molecule has 0 bridgehead atoms. The zero-order valence-electron chi connectivity index (χ0n) is 23.8. The highest BCUT2D eigenvalue weighted by molar-refractivity contribution is 6.30. The van der Waals surface area contributed by atoms with E-state index in [2.05, 4.69) is 5.32 Å². The van der Waals surface area contributed by atoms with Gasteiger partial charge in [0.05, 0.1) is 5.02 Å². The summed E-state index contributed by atoms with van der Waals surface area (Å²) in [6.07, 6.45) is -0.760. The van der Waals surface area contributed by atoms with Gasteiger partial charge in [-0.25, -0.2) is 9.18 Å². The van der Waals surface area contributed by atoms with E-state index in [0.29, 0.717) is 31.9 Å². The lowest BCUT2D eigenvalue weighted by Crippen LogP contribution is -2.44. The molecule has 0 spiro atoms. The first kappa shape index (κ1) is 33.5. The summed E-state index contributed by atoms with van der Waals surface area (Å²) in [4.78, 5) is 55.4. The van der Waals surface area contributed by atoms with E-state index in [1.54, 1.807) is 29.4 Å². The Hall–Kier alpha value is -3.68. The van der Waals surface area contributed by atoms with Crippen molar-refractivity contribution in [1.29, 1.82) is 0 Å². The molecule has 0 atom stereocenters. The molecule has 0 radical (unpaired) electrons. The Labute approximate surface area is 242 Å². The van der Waals surface area contributed by atoms with Crippen LogP contribution in [0.1, 0.15) is 46.0 Å². The van der Waals surface area contributed by atoms with Crippen LogP contribution in [0.15, 0.2) is 23.0 Å². The molecule has 2 heterocycles. The second-order valence-electron chi connectivity index (χ2n) is 8.92. The van der Waals surface area contributed by atoms with Gasteiger partial charge in [-0.3, -0.25) is 14.4 Å². The van der Waals surface area contributed by atoms with Crippen LogP contribution in [-0.2, 0) is 29.0 Å². The van der Waals surface area contributed by atoms with Crippen LogP contribution in [0.25, 0.3) is 0 Å². The Morgan fingerprint density at radius 2 is 1.85 bits per heavy atom. The number of carbonyl (C=O) groups is 3. The number of carbonyl (C=O) groups excluding carboxylic acids is 3. The maximum atomic E-state index is 14.3. The van der Waals surface area contributed by atoms with Crippen molar-refractivity contribution >= 4 is 29.6 Å². The number of hydrogen-bond acceptors (Lipinski definition) is 9. The quantitative estimate of drug-likeness (QED) is 0.294. The van der Waals surface area contributed by atoms with E-state index in [0.717, 1.165) is 7.11 Å². The maximum Gasteiger partial charge on any atom is 0.511 e.